The zero-order chi connectivity index (χ0) is 18.7. The van der Waals surface area contributed by atoms with Crippen LogP contribution in [0.2, 0.25) is 0 Å². The number of ether oxygens (including phenoxy) is 2. The van der Waals surface area contributed by atoms with Crippen molar-refractivity contribution in [3.8, 4) is 11.5 Å². The summed E-state index contributed by atoms with van der Waals surface area (Å²) in [7, 11) is 1.60. The third kappa shape index (κ3) is 3.76. The summed E-state index contributed by atoms with van der Waals surface area (Å²) in [5.74, 6) is 1.20. The third-order valence-electron chi connectivity index (χ3n) is 3.84. The normalized spacial score (nSPS) is 15.7. The standard InChI is InChI=1S/C20H19NO3S2/c1-4-24-17-11-14(8-9-16(17)23-3)12-18-19(22)21(20(25)26-18)15-7-5-6-13(2)10-15/h5-12H,4H2,1-3H3/b18-12-. The predicted molar refractivity (Wildman–Crippen MR) is 111 cm³/mol. The van der Waals surface area contributed by atoms with Gasteiger partial charge in [-0.3, -0.25) is 9.69 Å². The number of nitrogens with zero attached hydrogens (tertiary/aromatic N) is 1. The van der Waals surface area contributed by atoms with Crippen LogP contribution in [0.1, 0.15) is 18.1 Å². The van der Waals surface area contributed by atoms with Crippen molar-refractivity contribution in [1.82, 2.24) is 0 Å². The maximum atomic E-state index is 12.9. The molecule has 0 aliphatic carbocycles. The van der Waals surface area contributed by atoms with Crippen LogP contribution in [0, 0.1) is 6.92 Å². The highest BCUT2D eigenvalue weighted by molar-refractivity contribution is 8.27. The van der Waals surface area contributed by atoms with Gasteiger partial charge in [0.25, 0.3) is 5.91 Å². The Morgan fingerprint density at radius 1 is 1.19 bits per heavy atom. The molecular weight excluding hydrogens is 366 g/mol. The second-order valence-electron chi connectivity index (χ2n) is 5.70. The topological polar surface area (TPSA) is 38.8 Å². The van der Waals surface area contributed by atoms with Gasteiger partial charge in [-0.05, 0) is 55.3 Å². The monoisotopic (exact) mass is 385 g/mol. The van der Waals surface area contributed by atoms with Crippen molar-refractivity contribution in [2.45, 2.75) is 13.8 Å². The van der Waals surface area contributed by atoms with Crippen LogP contribution in [-0.4, -0.2) is 23.9 Å². The molecule has 134 valence electrons. The highest BCUT2D eigenvalue weighted by Gasteiger charge is 2.33. The van der Waals surface area contributed by atoms with E-state index in [0.29, 0.717) is 27.3 Å². The summed E-state index contributed by atoms with van der Waals surface area (Å²) in [5.41, 5.74) is 2.73. The SMILES string of the molecule is CCOc1cc(/C=C2\SC(=S)N(c3cccc(C)c3)C2=O)ccc1OC. The van der Waals surface area contributed by atoms with Crippen LogP contribution in [0.4, 0.5) is 5.69 Å². The minimum absolute atomic E-state index is 0.112. The summed E-state index contributed by atoms with van der Waals surface area (Å²) < 4.78 is 11.4. The predicted octanol–water partition coefficient (Wildman–Crippen LogP) is 4.81. The Labute approximate surface area is 162 Å². The van der Waals surface area contributed by atoms with Gasteiger partial charge in [-0.25, -0.2) is 0 Å². The van der Waals surface area contributed by atoms with Gasteiger partial charge < -0.3 is 9.47 Å². The van der Waals surface area contributed by atoms with E-state index in [9.17, 15) is 4.79 Å². The highest BCUT2D eigenvalue weighted by Crippen LogP contribution is 2.37. The van der Waals surface area contributed by atoms with Crippen LogP contribution in [0.5, 0.6) is 11.5 Å². The van der Waals surface area contributed by atoms with Gasteiger partial charge in [-0.1, -0.05) is 42.2 Å². The summed E-state index contributed by atoms with van der Waals surface area (Å²) in [6.45, 7) is 4.44. The average molecular weight is 386 g/mol. The van der Waals surface area contributed by atoms with E-state index in [1.165, 1.54) is 11.8 Å². The molecule has 1 saturated heterocycles. The molecule has 0 bridgehead atoms. The van der Waals surface area contributed by atoms with E-state index >= 15 is 0 Å². The molecule has 1 heterocycles. The number of hydrogen-bond donors (Lipinski definition) is 0. The zero-order valence-electron chi connectivity index (χ0n) is 14.8. The van der Waals surface area contributed by atoms with E-state index in [4.69, 9.17) is 21.7 Å². The fourth-order valence-corrected chi connectivity index (χ4v) is 3.96. The van der Waals surface area contributed by atoms with Gasteiger partial charge in [0.05, 0.1) is 24.3 Å². The Kier molecular flexibility index (Phi) is 5.64. The molecule has 1 aliphatic rings. The number of benzene rings is 2. The van der Waals surface area contributed by atoms with E-state index in [-0.39, 0.29) is 5.91 Å². The Bertz CT molecular complexity index is 892. The zero-order valence-corrected chi connectivity index (χ0v) is 16.4. The van der Waals surface area contributed by atoms with Crippen molar-refractivity contribution in [2.24, 2.45) is 0 Å². The summed E-state index contributed by atoms with van der Waals surface area (Å²) in [6, 6.07) is 13.3. The van der Waals surface area contributed by atoms with Gasteiger partial charge in [0.2, 0.25) is 0 Å². The fraction of sp³-hybridized carbons (Fsp3) is 0.200. The maximum Gasteiger partial charge on any atom is 0.270 e. The lowest BCUT2D eigenvalue weighted by Gasteiger charge is -2.14. The number of thioether (sulfide) groups is 1. The average Bonchev–Trinajstić information content (AvgIpc) is 2.89. The quantitative estimate of drug-likeness (QED) is 0.546. The van der Waals surface area contributed by atoms with Crippen molar-refractivity contribution < 1.29 is 14.3 Å². The Morgan fingerprint density at radius 2 is 2.00 bits per heavy atom. The van der Waals surface area contributed by atoms with Crippen LogP contribution in [0.25, 0.3) is 6.08 Å². The molecule has 0 saturated carbocycles. The first kappa shape index (κ1) is 18.5. The molecule has 4 nitrogen and oxygen atoms in total. The minimum Gasteiger partial charge on any atom is -0.493 e. The van der Waals surface area contributed by atoms with Crippen molar-refractivity contribution in [2.75, 3.05) is 18.6 Å². The summed E-state index contributed by atoms with van der Waals surface area (Å²) in [5, 5.41) is 0. The summed E-state index contributed by atoms with van der Waals surface area (Å²) in [4.78, 5) is 15.0. The van der Waals surface area contributed by atoms with E-state index in [1.807, 2.05) is 62.4 Å². The molecule has 0 spiro atoms. The van der Waals surface area contributed by atoms with Gasteiger partial charge in [-0.2, -0.15) is 0 Å². The lowest BCUT2D eigenvalue weighted by Crippen LogP contribution is -2.27. The van der Waals surface area contributed by atoms with Gasteiger partial charge in [-0.15, -0.1) is 0 Å². The van der Waals surface area contributed by atoms with Crippen LogP contribution in [0.3, 0.4) is 0 Å². The summed E-state index contributed by atoms with van der Waals surface area (Å²) >= 11 is 6.73. The fourth-order valence-electron chi connectivity index (χ4n) is 2.66. The number of aryl methyl sites for hydroxylation is 1. The van der Waals surface area contributed by atoms with Crippen LogP contribution < -0.4 is 14.4 Å². The number of methoxy groups -OCH3 is 1. The minimum atomic E-state index is -0.112. The van der Waals surface area contributed by atoms with Gasteiger partial charge in [0, 0.05) is 0 Å². The second kappa shape index (κ2) is 7.93. The maximum absolute atomic E-state index is 12.9. The van der Waals surface area contributed by atoms with E-state index in [1.54, 1.807) is 12.0 Å². The molecule has 3 rings (SSSR count). The first-order chi connectivity index (χ1) is 12.5. The van der Waals surface area contributed by atoms with Crippen molar-refractivity contribution in [1.29, 1.82) is 0 Å². The second-order valence-corrected chi connectivity index (χ2v) is 7.38. The highest BCUT2D eigenvalue weighted by atomic mass is 32.2. The molecule has 0 aromatic heterocycles. The lowest BCUT2D eigenvalue weighted by atomic mass is 10.1. The molecule has 26 heavy (non-hydrogen) atoms. The molecule has 1 fully saturated rings. The molecular formula is C20H19NO3S2. The molecule has 0 N–H and O–H groups in total. The number of rotatable bonds is 5. The smallest absolute Gasteiger partial charge is 0.270 e. The molecule has 0 atom stereocenters. The molecule has 1 amide bonds. The first-order valence-electron chi connectivity index (χ1n) is 8.19. The number of anilines is 1. The third-order valence-corrected chi connectivity index (χ3v) is 5.14. The van der Waals surface area contributed by atoms with Gasteiger partial charge in [0.15, 0.2) is 15.8 Å². The Morgan fingerprint density at radius 3 is 2.69 bits per heavy atom. The Balaban J connectivity index is 1.92. The van der Waals surface area contributed by atoms with Crippen LogP contribution in [0.15, 0.2) is 47.4 Å². The van der Waals surface area contributed by atoms with Crippen LogP contribution in [-0.2, 0) is 4.79 Å². The van der Waals surface area contributed by atoms with E-state index < -0.39 is 0 Å². The van der Waals surface area contributed by atoms with Crippen molar-refractivity contribution >= 4 is 46.0 Å². The molecule has 1 aliphatic heterocycles. The number of carbonyl (C=O) groups excluding carboxylic acids is 1. The first-order valence-corrected chi connectivity index (χ1v) is 9.41. The number of amides is 1. The molecule has 0 radical (unpaired) electrons. The molecule has 0 unspecified atom stereocenters. The van der Waals surface area contributed by atoms with E-state index in [2.05, 4.69) is 0 Å². The van der Waals surface area contributed by atoms with Crippen LogP contribution >= 0.6 is 24.0 Å². The lowest BCUT2D eigenvalue weighted by molar-refractivity contribution is -0.113. The number of carbonyl (C=O) groups is 1. The van der Waals surface area contributed by atoms with Crippen molar-refractivity contribution in [3.05, 3.63) is 58.5 Å². The molecule has 6 heteroatoms. The molecule has 2 aromatic rings. The molecule has 2 aromatic carbocycles. The largest absolute Gasteiger partial charge is 0.493 e. The number of thiocarbonyl (C=S) groups is 1. The Hall–Kier alpha value is -2.31. The number of hydrogen-bond acceptors (Lipinski definition) is 5. The van der Waals surface area contributed by atoms with Gasteiger partial charge >= 0.3 is 0 Å². The van der Waals surface area contributed by atoms with Crippen molar-refractivity contribution in [3.63, 3.8) is 0 Å². The summed E-state index contributed by atoms with van der Waals surface area (Å²) in [6.07, 6.45) is 1.83. The van der Waals surface area contributed by atoms with E-state index in [0.717, 1.165) is 16.8 Å². The van der Waals surface area contributed by atoms with Gasteiger partial charge in [0.1, 0.15) is 0 Å².